The highest BCUT2D eigenvalue weighted by Crippen LogP contribution is 2.32. The largest absolute Gasteiger partial charge is 0.371 e. The molecule has 156 valence electrons. The van der Waals surface area contributed by atoms with Crippen molar-refractivity contribution in [3.63, 3.8) is 0 Å². The molecule has 4 rings (SSSR count). The number of imide groups is 1. The Hall–Kier alpha value is -2.41. The average Bonchev–Trinajstić information content (AvgIpc) is 3.04. The third kappa shape index (κ3) is 4.15. The summed E-state index contributed by atoms with van der Waals surface area (Å²) >= 11 is 0. The molecule has 2 aliphatic heterocycles. The number of carbonyl (C=O) groups excluding carboxylic acids is 2. The van der Waals surface area contributed by atoms with Crippen molar-refractivity contribution in [1.29, 1.82) is 0 Å². The average molecular weight is 398 g/mol. The van der Waals surface area contributed by atoms with Crippen molar-refractivity contribution in [1.82, 2.24) is 20.4 Å². The van der Waals surface area contributed by atoms with E-state index in [0.29, 0.717) is 18.9 Å². The van der Waals surface area contributed by atoms with Crippen LogP contribution in [0.1, 0.15) is 57.1 Å². The smallest absolute Gasteiger partial charge is 0.235 e. The van der Waals surface area contributed by atoms with Gasteiger partial charge in [0.1, 0.15) is 0 Å². The molecule has 2 saturated heterocycles. The maximum absolute atomic E-state index is 12.3. The van der Waals surface area contributed by atoms with Crippen molar-refractivity contribution in [3.8, 4) is 0 Å². The Morgan fingerprint density at radius 1 is 1.21 bits per heavy atom. The van der Waals surface area contributed by atoms with Gasteiger partial charge in [0.05, 0.1) is 17.1 Å². The zero-order chi connectivity index (χ0) is 20.4. The van der Waals surface area contributed by atoms with E-state index in [4.69, 9.17) is 0 Å². The molecular weight excluding hydrogens is 366 g/mol. The number of anilines is 1. The van der Waals surface area contributed by atoms with E-state index < -0.39 is 0 Å². The Balaban J connectivity index is 1.49. The van der Waals surface area contributed by atoms with Crippen molar-refractivity contribution < 1.29 is 9.59 Å². The third-order valence-electron chi connectivity index (χ3n) is 6.26. The first-order chi connectivity index (χ1) is 14.1. The van der Waals surface area contributed by atoms with Crippen molar-refractivity contribution >= 4 is 28.4 Å². The quantitative estimate of drug-likeness (QED) is 0.578. The summed E-state index contributed by atoms with van der Waals surface area (Å²) in [5.74, 6) is -0.781. The number of nitrogens with one attached hydrogen (secondary N) is 2. The van der Waals surface area contributed by atoms with Gasteiger partial charge in [-0.2, -0.15) is 5.10 Å². The Morgan fingerprint density at radius 3 is 2.72 bits per heavy atom. The number of benzene rings is 1. The summed E-state index contributed by atoms with van der Waals surface area (Å²) in [6, 6.07) is 7.03. The monoisotopic (exact) mass is 397 g/mol. The molecule has 7 nitrogen and oxygen atoms in total. The number of piperidine rings is 2. The van der Waals surface area contributed by atoms with E-state index in [1.807, 2.05) is 11.7 Å². The molecule has 2 N–H and O–H groups in total. The molecule has 29 heavy (non-hydrogen) atoms. The molecule has 0 saturated carbocycles. The minimum absolute atomic E-state index is 0.193. The second-order valence-electron chi connectivity index (χ2n) is 8.28. The molecule has 2 amide bonds. The lowest BCUT2D eigenvalue weighted by atomic mass is 9.92. The number of aryl methyl sites for hydroxylation is 1. The van der Waals surface area contributed by atoms with E-state index in [1.165, 1.54) is 18.5 Å². The first-order valence-corrected chi connectivity index (χ1v) is 10.9. The fraction of sp³-hybridized carbons (Fsp3) is 0.591. The number of hydrogen-bond donors (Lipinski definition) is 2. The molecule has 1 atom stereocenters. The fourth-order valence-corrected chi connectivity index (χ4v) is 4.51. The first-order valence-electron chi connectivity index (χ1n) is 10.9. The molecule has 0 radical (unpaired) electrons. The number of fused-ring (bicyclic) bond motifs is 1. The molecule has 2 aromatic rings. The first kappa shape index (κ1) is 19.9. The van der Waals surface area contributed by atoms with E-state index in [0.717, 1.165) is 49.1 Å². The normalized spacial score (nSPS) is 21.0. The standard InChI is InChI=1S/C22H31N5O2/c1-3-4-11-23-15-9-12-27(13-10-15)16-5-6-17-19(14-16)26(2)25-21(17)18-7-8-20(28)24-22(18)29/h5-6,14-15,18,23H,3-4,7-13H2,1-2H3,(H,24,28,29). The van der Waals surface area contributed by atoms with Gasteiger partial charge in [0.15, 0.2) is 0 Å². The van der Waals surface area contributed by atoms with Crippen LogP contribution < -0.4 is 15.5 Å². The minimum Gasteiger partial charge on any atom is -0.371 e. The second-order valence-corrected chi connectivity index (χ2v) is 8.28. The van der Waals surface area contributed by atoms with Crippen LogP contribution in [-0.2, 0) is 16.6 Å². The van der Waals surface area contributed by atoms with Gasteiger partial charge in [0, 0.05) is 43.7 Å². The van der Waals surface area contributed by atoms with Crippen molar-refractivity contribution in [3.05, 3.63) is 23.9 Å². The van der Waals surface area contributed by atoms with Crippen LogP contribution in [0.5, 0.6) is 0 Å². The van der Waals surface area contributed by atoms with Crippen LogP contribution in [0.4, 0.5) is 5.69 Å². The molecule has 0 bridgehead atoms. The highest BCUT2D eigenvalue weighted by Gasteiger charge is 2.31. The zero-order valence-corrected chi connectivity index (χ0v) is 17.4. The lowest BCUT2D eigenvalue weighted by Gasteiger charge is -2.34. The van der Waals surface area contributed by atoms with Gasteiger partial charge >= 0.3 is 0 Å². The van der Waals surface area contributed by atoms with Gasteiger partial charge in [0.25, 0.3) is 0 Å². The topological polar surface area (TPSA) is 79.3 Å². The van der Waals surface area contributed by atoms with Crippen molar-refractivity contribution in [2.75, 3.05) is 24.5 Å². The Bertz CT molecular complexity index is 898. The van der Waals surface area contributed by atoms with Crippen LogP contribution in [0.2, 0.25) is 0 Å². The summed E-state index contributed by atoms with van der Waals surface area (Å²) in [6.45, 7) is 5.44. The number of nitrogens with zero attached hydrogens (tertiary/aromatic N) is 3. The summed E-state index contributed by atoms with van der Waals surface area (Å²) in [6.07, 6.45) is 5.69. The van der Waals surface area contributed by atoms with Crippen molar-refractivity contribution in [2.45, 2.75) is 57.4 Å². The van der Waals surface area contributed by atoms with E-state index in [9.17, 15) is 9.59 Å². The SMILES string of the molecule is CCCCNC1CCN(c2ccc3c(C4CCC(=O)NC4=O)nn(C)c3c2)CC1. The minimum atomic E-state index is -0.354. The van der Waals surface area contributed by atoms with Crippen LogP contribution in [0.3, 0.4) is 0 Å². The highest BCUT2D eigenvalue weighted by molar-refractivity contribution is 6.02. The Labute approximate surface area is 171 Å². The van der Waals surface area contributed by atoms with E-state index in [2.05, 4.69) is 45.8 Å². The molecule has 1 aromatic heterocycles. The number of hydrogen-bond acceptors (Lipinski definition) is 5. The molecule has 2 fully saturated rings. The van der Waals surface area contributed by atoms with Crippen molar-refractivity contribution in [2.24, 2.45) is 7.05 Å². The van der Waals surface area contributed by atoms with Gasteiger partial charge in [-0.3, -0.25) is 19.6 Å². The molecule has 7 heteroatoms. The maximum Gasteiger partial charge on any atom is 0.235 e. The lowest BCUT2D eigenvalue weighted by molar-refractivity contribution is -0.134. The maximum atomic E-state index is 12.3. The number of unbranched alkanes of at least 4 members (excludes halogenated alkanes) is 1. The fourth-order valence-electron chi connectivity index (χ4n) is 4.51. The van der Waals surface area contributed by atoms with Crippen LogP contribution in [0.25, 0.3) is 10.9 Å². The molecule has 0 spiro atoms. The zero-order valence-electron chi connectivity index (χ0n) is 17.4. The van der Waals surface area contributed by atoms with Crippen LogP contribution in [0.15, 0.2) is 18.2 Å². The molecular formula is C22H31N5O2. The number of amides is 2. The van der Waals surface area contributed by atoms with Gasteiger partial charge in [-0.25, -0.2) is 0 Å². The van der Waals surface area contributed by atoms with Gasteiger partial charge in [-0.15, -0.1) is 0 Å². The van der Waals surface area contributed by atoms with E-state index >= 15 is 0 Å². The predicted molar refractivity (Wildman–Crippen MR) is 114 cm³/mol. The van der Waals surface area contributed by atoms with Crippen LogP contribution in [-0.4, -0.2) is 47.3 Å². The number of carbonyl (C=O) groups is 2. The summed E-state index contributed by atoms with van der Waals surface area (Å²) < 4.78 is 1.86. The van der Waals surface area contributed by atoms with Crippen LogP contribution >= 0.6 is 0 Å². The second kappa shape index (κ2) is 8.53. The summed E-state index contributed by atoms with van der Waals surface area (Å²) in [5.41, 5.74) is 3.02. The molecule has 3 heterocycles. The Kier molecular flexibility index (Phi) is 5.85. The molecule has 1 aromatic carbocycles. The summed E-state index contributed by atoms with van der Waals surface area (Å²) in [5, 5.41) is 11.8. The number of aromatic nitrogens is 2. The summed E-state index contributed by atoms with van der Waals surface area (Å²) in [7, 11) is 1.92. The molecule has 0 aliphatic carbocycles. The molecule has 1 unspecified atom stereocenters. The van der Waals surface area contributed by atoms with Crippen LogP contribution in [0, 0.1) is 0 Å². The highest BCUT2D eigenvalue weighted by atomic mass is 16.2. The van der Waals surface area contributed by atoms with E-state index in [-0.39, 0.29) is 17.7 Å². The van der Waals surface area contributed by atoms with Gasteiger partial charge < -0.3 is 10.2 Å². The Morgan fingerprint density at radius 2 is 2.00 bits per heavy atom. The predicted octanol–water partition coefficient (Wildman–Crippen LogP) is 2.45. The van der Waals surface area contributed by atoms with Gasteiger partial charge in [0.2, 0.25) is 11.8 Å². The van der Waals surface area contributed by atoms with Gasteiger partial charge in [-0.1, -0.05) is 13.3 Å². The lowest BCUT2D eigenvalue weighted by Crippen LogP contribution is -2.42. The third-order valence-corrected chi connectivity index (χ3v) is 6.26. The summed E-state index contributed by atoms with van der Waals surface area (Å²) in [4.78, 5) is 26.2. The van der Waals surface area contributed by atoms with E-state index in [1.54, 1.807) is 0 Å². The van der Waals surface area contributed by atoms with Gasteiger partial charge in [-0.05, 0) is 50.4 Å². The number of rotatable bonds is 6. The molecule has 2 aliphatic rings.